The largest absolute Gasteiger partial charge is 0.388 e. The van der Waals surface area contributed by atoms with Gasteiger partial charge in [0.05, 0.1) is 5.84 Å². The second-order valence-corrected chi connectivity index (χ2v) is 4.83. The van der Waals surface area contributed by atoms with Crippen LogP contribution in [0.1, 0.15) is 46.0 Å². The molecular formula is C12H25N3. The van der Waals surface area contributed by atoms with Crippen molar-refractivity contribution in [2.45, 2.75) is 52.0 Å². The first kappa shape index (κ1) is 12.5. The molecule has 3 nitrogen and oxygen atoms in total. The Balaban J connectivity index is 2.38. The zero-order valence-electron chi connectivity index (χ0n) is 10.1. The van der Waals surface area contributed by atoms with Crippen molar-refractivity contribution in [3.8, 4) is 0 Å². The minimum atomic E-state index is 0.317. The quantitative estimate of drug-likeness (QED) is 0.541. The lowest BCUT2D eigenvalue weighted by atomic mass is 9.86. The van der Waals surface area contributed by atoms with Gasteiger partial charge in [0.25, 0.3) is 0 Å². The summed E-state index contributed by atoms with van der Waals surface area (Å²) >= 11 is 0. The molecule has 1 rings (SSSR count). The van der Waals surface area contributed by atoms with Crippen LogP contribution in [0, 0.1) is 11.3 Å². The fourth-order valence-electron chi connectivity index (χ4n) is 2.60. The van der Waals surface area contributed by atoms with Gasteiger partial charge < -0.3 is 10.6 Å². The normalized spacial score (nSPS) is 26.9. The highest BCUT2D eigenvalue weighted by Gasteiger charge is 2.23. The van der Waals surface area contributed by atoms with E-state index in [0.717, 1.165) is 31.5 Å². The lowest BCUT2D eigenvalue weighted by Gasteiger charge is -2.36. The fraction of sp³-hybridized carbons (Fsp3) is 0.917. The minimum Gasteiger partial charge on any atom is -0.388 e. The summed E-state index contributed by atoms with van der Waals surface area (Å²) in [4.78, 5) is 2.50. The molecule has 0 bridgehead atoms. The summed E-state index contributed by atoms with van der Waals surface area (Å²) < 4.78 is 0. The molecule has 2 atom stereocenters. The molecule has 0 aromatic rings. The van der Waals surface area contributed by atoms with Crippen LogP contribution in [0.3, 0.4) is 0 Å². The van der Waals surface area contributed by atoms with E-state index in [0.29, 0.717) is 5.84 Å². The smallest absolute Gasteiger partial charge is 0.0918 e. The second-order valence-electron chi connectivity index (χ2n) is 4.83. The van der Waals surface area contributed by atoms with E-state index in [4.69, 9.17) is 11.1 Å². The van der Waals surface area contributed by atoms with Crippen LogP contribution in [0.5, 0.6) is 0 Å². The third-order valence-corrected chi connectivity index (χ3v) is 3.50. The van der Waals surface area contributed by atoms with Crippen molar-refractivity contribution in [3.05, 3.63) is 0 Å². The van der Waals surface area contributed by atoms with Crippen molar-refractivity contribution in [2.75, 3.05) is 13.1 Å². The second kappa shape index (κ2) is 6.11. The number of rotatable bonds is 5. The van der Waals surface area contributed by atoms with E-state index in [1.807, 2.05) is 0 Å². The number of nitrogens with two attached hydrogens (primary N) is 1. The van der Waals surface area contributed by atoms with Gasteiger partial charge in [-0.1, -0.05) is 26.7 Å². The van der Waals surface area contributed by atoms with Gasteiger partial charge in [0.1, 0.15) is 0 Å². The highest BCUT2D eigenvalue weighted by atomic mass is 15.1. The summed E-state index contributed by atoms with van der Waals surface area (Å²) in [7, 11) is 0. The molecule has 3 N–H and O–H groups in total. The monoisotopic (exact) mass is 211 g/mol. The Bertz CT molecular complexity index is 203. The molecular weight excluding hydrogens is 186 g/mol. The van der Waals surface area contributed by atoms with Crippen LogP contribution in [0.25, 0.3) is 0 Å². The Morgan fingerprint density at radius 1 is 1.47 bits per heavy atom. The number of amidine groups is 1. The van der Waals surface area contributed by atoms with E-state index in [1.54, 1.807) is 0 Å². The molecule has 88 valence electrons. The van der Waals surface area contributed by atoms with Crippen molar-refractivity contribution in [1.82, 2.24) is 4.90 Å². The lowest BCUT2D eigenvalue weighted by Crippen LogP contribution is -2.40. The van der Waals surface area contributed by atoms with E-state index in [2.05, 4.69) is 18.7 Å². The van der Waals surface area contributed by atoms with Gasteiger partial charge in [-0.25, -0.2) is 0 Å². The maximum atomic E-state index is 7.27. The van der Waals surface area contributed by atoms with Crippen LogP contribution in [0.2, 0.25) is 0 Å². The Morgan fingerprint density at radius 3 is 2.73 bits per heavy atom. The average molecular weight is 211 g/mol. The molecule has 0 spiro atoms. The zero-order chi connectivity index (χ0) is 11.3. The summed E-state index contributed by atoms with van der Waals surface area (Å²) in [6.45, 7) is 6.61. The third kappa shape index (κ3) is 4.20. The van der Waals surface area contributed by atoms with E-state index in [9.17, 15) is 0 Å². The predicted octanol–water partition coefficient (Wildman–Crippen LogP) is 2.21. The molecule has 0 heterocycles. The van der Waals surface area contributed by atoms with Crippen LogP contribution in [-0.2, 0) is 0 Å². The summed E-state index contributed by atoms with van der Waals surface area (Å²) in [5, 5.41) is 7.27. The van der Waals surface area contributed by atoms with Crippen molar-refractivity contribution >= 4 is 5.84 Å². The SMILES string of the molecule is CCN(CCC(=N)N)C1CCCC(C)C1. The molecule has 1 fully saturated rings. The van der Waals surface area contributed by atoms with Crippen molar-refractivity contribution in [2.24, 2.45) is 11.7 Å². The van der Waals surface area contributed by atoms with Gasteiger partial charge in [0, 0.05) is 19.0 Å². The van der Waals surface area contributed by atoms with Crippen LogP contribution in [0.4, 0.5) is 0 Å². The summed E-state index contributed by atoms with van der Waals surface area (Å²) in [5.41, 5.74) is 5.41. The van der Waals surface area contributed by atoms with Gasteiger partial charge in [-0.2, -0.15) is 0 Å². The Labute approximate surface area is 93.5 Å². The van der Waals surface area contributed by atoms with Gasteiger partial charge in [-0.3, -0.25) is 5.41 Å². The van der Waals surface area contributed by atoms with Crippen LogP contribution in [-0.4, -0.2) is 29.9 Å². The Kier molecular flexibility index (Phi) is 5.09. The van der Waals surface area contributed by atoms with Gasteiger partial charge in [-0.05, 0) is 25.3 Å². The highest BCUT2D eigenvalue weighted by Crippen LogP contribution is 2.27. The van der Waals surface area contributed by atoms with E-state index >= 15 is 0 Å². The maximum absolute atomic E-state index is 7.27. The first-order valence-electron chi connectivity index (χ1n) is 6.20. The molecule has 0 aliphatic heterocycles. The number of nitrogens with one attached hydrogen (secondary N) is 1. The van der Waals surface area contributed by atoms with Crippen molar-refractivity contribution in [1.29, 1.82) is 5.41 Å². The van der Waals surface area contributed by atoms with E-state index < -0.39 is 0 Å². The fourth-order valence-corrected chi connectivity index (χ4v) is 2.60. The van der Waals surface area contributed by atoms with Crippen LogP contribution in [0.15, 0.2) is 0 Å². The average Bonchev–Trinajstić information content (AvgIpc) is 2.18. The third-order valence-electron chi connectivity index (χ3n) is 3.50. The molecule has 2 unspecified atom stereocenters. The molecule has 1 aliphatic carbocycles. The molecule has 0 aromatic heterocycles. The molecule has 1 aliphatic rings. The van der Waals surface area contributed by atoms with Gasteiger partial charge in [-0.15, -0.1) is 0 Å². The topological polar surface area (TPSA) is 53.1 Å². The van der Waals surface area contributed by atoms with Gasteiger partial charge >= 0.3 is 0 Å². The summed E-state index contributed by atoms with van der Waals surface area (Å²) in [5.74, 6) is 1.19. The minimum absolute atomic E-state index is 0.317. The van der Waals surface area contributed by atoms with E-state index in [1.165, 1.54) is 25.7 Å². The van der Waals surface area contributed by atoms with Crippen LogP contribution >= 0.6 is 0 Å². The standard InChI is InChI=1S/C12H25N3/c1-3-15(8-7-12(13)14)11-6-4-5-10(2)9-11/h10-11H,3-9H2,1-2H3,(H3,13,14). The number of nitrogens with zero attached hydrogens (tertiary/aromatic N) is 1. The highest BCUT2D eigenvalue weighted by molar-refractivity contribution is 5.76. The maximum Gasteiger partial charge on any atom is 0.0918 e. The number of hydrogen-bond donors (Lipinski definition) is 2. The van der Waals surface area contributed by atoms with Crippen LogP contribution < -0.4 is 5.73 Å². The zero-order valence-corrected chi connectivity index (χ0v) is 10.1. The summed E-state index contributed by atoms with van der Waals surface area (Å²) in [6.07, 6.45) is 6.13. The van der Waals surface area contributed by atoms with E-state index in [-0.39, 0.29) is 0 Å². The Morgan fingerprint density at radius 2 is 2.20 bits per heavy atom. The molecule has 15 heavy (non-hydrogen) atoms. The van der Waals surface area contributed by atoms with Gasteiger partial charge in [0.15, 0.2) is 0 Å². The molecule has 0 amide bonds. The van der Waals surface area contributed by atoms with Gasteiger partial charge in [0.2, 0.25) is 0 Å². The molecule has 3 heteroatoms. The number of hydrogen-bond acceptors (Lipinski definition) is 2. The lowest BCUT2D eigenvalue weighted by molar-refractivity contribution is 0.144. The first-order valence-corrected chi connectivity index (χ1v) is 6.20. The molecule has 1 saturated carbocycles. The molecule has 0 aromatic carbocycles. The summed E-state index contributed by atoms with van der Waals surface area (Å²) in [6, 6.07) is 0.734. The van der Waals surface area contributed by atoms with Crippen molar-refractivity contribution < 1.29 is 0 Å². The first-order chi connectivity index (χ1) is 7.13. The Hall–Kier alpha value is -0.570. The molecule has 0 radical (unpaired) electrons. The van der Waals surface area contributed by atoms with Crippen molar-refractivity contribution in [3.63, 3.8) is 0 Å². The molecule has 0 saturated heterocycles. The predicted molar refractivity (Wildman–Crippen MR) is 65.2 cm³/mol.